The van der Waals surface area contributed by atoms with Crippen molar-refractivity contribution < 1.29 is 0 Å². The highest BCUT2D eigenvalue weighted by atomic mass is 14.9. The molecule has 0 aliphatic heterocycles. The first-order chi connectivity index (χ1) is 11.8. The summed E-state index contributed by atoms with van der Waals surface area (Å²) in [6, 6.07) is 8.26. The van der Waals surface area contributed by atoms with Gasteiger partial charge < -0.3 is 16.5 Å². The number of nitrogens with zero attached hydrogens (tertiary/aromatic N) is 2. The molecule has 0 unspecified atom stereocenters. The van der Waals surface area contributed by atoms with Crippen LogP contribution in [-0.4, -0.2) is 28.8 Å². The second-order valence-electron chi connectivity index (χ2n) is 6.45. The highest BCUT2D eigenvalue weighted by Gasteiger charge is 2.19. The number of fused-ring (bicyclic) bond motifs is 1. The molecule has 2 aromatic rings. The summed E-state index contributed by atoms with van der Waals surface area (Å²) in [6.07, 6.45) is 10.9. The van der Waals surface area contributed by atoms with Gasteiger partial charge in [-0.05, 0) is 56.7 Å². The molecule has 1 aliphatic carbocycles. The number of hydrogen-bond donors (Lipinski definition) is 3. The van der Waals surface area contributed by atoms with E-state index in [1.165, 1.54) is 19.1 Å². The van der Waals surface area contributed by atoms with Crippen LogP contribution in [0.1, 0.15) is 37.8 Å². The monoisotopic (exact) mass is 323 g/mol. The molecular formula is C19H25N5. The minimum absolute atomic E-state index is 0.474. The summed E-state index contributed by atoms with van der Waals surface area (Å²) in [5, 5.41) is 11.2. The van der Waals surface area contributed by atoms with Crippen molar-refractivity contribution in [2.24, 2.45) is 11.7 Å². The standard InChI is InChI=1S/C19H25N5/c20-10-9-14-5-7-16(8-6-14)22-12-15(11-21)19-13-23-17-3-1-2-4-18(17)24-19/h1-4,11-14,16,21-22H,5-10,20H2/b15-12+,21-11?. The molecular weight excluding hydrogens is 298 g/mol. The number of nitrogens with two attached hydrogens (primary N) is 1. The first-order valence-electron chi connectivity index (χ1n) is 8.69. The second-order valence-corrected chi connectivity index (χ2v) is 6.45. The fourth-order valence-corrected chi connectivity index (χ4v) is 3.35. The van der Waals surface area contributed by atoms with Crippen molar-refractivity contribution in [1.82, 2.24) is 15.3 Å². The SMILES string of the molecule is N=C/C(=C\NC1CCC(CCN)CC1)c1cnc2ccccc2n1. The molecule has 0 bridgehead atoms. The second kappa shape index (κ2) is 8.02. The van der Waals surface area contributed by atoms with Gasteiger partial charge in [0.1, 0.15) is 0 Å². The van der Waals surface area contributed by atoms with E-state index in [0.717, 1.165) is 54.0 Å². The molecule has 0 radical (unpaired) electrons. The van der Waals surface area contributed by atoms with Crippen LogP contribution in [0.2, 0.25) is 0 Å². The van der Waals surface area contributed by atoms with E-state index in [1.54, 1.807) is 6.20 Å². The summed E-state index contributed by atoms with van der Waals surface area (Å²) in [5.41, 5.74) is 8.87. The molecule has 0 amide bonds. The molecule has 1 fully saturated rings. The van der Waals surface area contributed by atoms with E-state index < -0.39 is 0 Å². The first-order valence-corrected chi connectivity index (χ1v) is 8.69. The topological polar surface area (TPSA) is 87.7 Å². The minimum Gasteiger partial charge on any atom is -0.388 e. The van der Waals surface area contributed by atoms with Crippen LogP contribution < -0.4 is 11.1 Å². The van der Waals surface area contributed by atoms with Crippen LogP contribution in [0.15, 0.2) is 36.7 Å². The minimum atomic E-state index is 0.474. The number of rotatable bonds is 6. The molecule has 0 saturated heterocycles. The Bertz CT molecular complexity index is 717. The van der Waals surface area contributed by atoms with Gasteiger partial charge in [0.2, 0.25) is 0 Å². The Morgan fingerprint density at radius 1 is 1.21 bits per heavy atom. The molecule has 0 spiro atoms. The summed E-state index contributed by atoms with van der Waals surface area (Å²) >= 11 is 0. The van der Waals surface area contributed by atoms with Crippen molar-refractivity contribution >= 4 is 22.8 Å². The van der Waals surface area contributed by atoms with Crippen molar-refractivity contribution in [3.8, 4) is 0 Å². The molecule has 1 aromatic heterocycles. The fourth-order valence-electron chi connectivity index (χ4n) is 3.35. The maximum atomic E-state index is 7.69. The summed E-state index contributed by atoms with van der Waals surface area (Å²) < 4.78 is 0. The van der Waals surface area contributed by atoms with Crippen LogP contribution in [0.4, 0.5) is 0 Å². The molecule has 1 heterocycles. The molecule has 0 atom stereocenters. The summed E-state index contributed by atoms with van der Waals surface area (Å²) in [7, 11) is 0. The third-order valence-electron chi connectivity index (χ3n) is 4.80. The molecule has 4 N–H and O–H groups in total. The fraction of sp³-hybridized carbons (Fsp3) is 0.421. The van der Waals surface area contributed by atoms with Gasteiger partial charge >= 0.3 is 0 Å². The van der Waals surface area contributed by atoms with E-state index in [1.807, 2.05) is 30.5 Å². The van der Waals surface area contributed by atoms with E-state index in [9.17, 15) is 0 Å². The Kier molecular flexibility index (Phi) is 5.54. The van der Waals surface area contributed by atoms with Crippen LogP contribution in [0.5, 0.6) is 0 Å². The first kappa shape index (κ1) is 16.6. The number of hydrogen-bond acceptors (Lipinski definition) is 5. The summed E-state index contributed by atoms with van der Waals surface area (Å²) in [6.45, 7) is 0.793. The zero-order valence-electron chi connectivity index (χ0n) is 13.9. The molecule has 1 saturated carbocycles. The van der Waals surface area contributed by atoms with Crippen LogP contribution in [0, 0.1) is 11.3 Å². The van der Waals surface area contributed by atoms with Crippen LogP contribution in [0.25, 0.3) is 16.6 Å². The average Bonchev–Trinajstić information content (AvgIpc) is 2.64. The van der Waals surface area contributed by atoms with Gasteiger partial charge in [0.05, 0.1) is 22.9 Å². The summed E-state index contributed by atoms with van der Waals surface area (Å²) in [4.78, 5) is 9.04. The number of nitrogens with one attached hydrogen (secondary N) is 2. The number of para-hydroxylation sites is 2. The Hall–Kier alpha value is -2.27. The smallest absolute Gasteiger partial charge is 0.0922 e. The van der Waals surface area contributed by atoms with Gasteiger partial charge in [-0.1, -0.05) is 12.1 Å². The third kappa shape index (κ3) is 3.97. The Morgan fingerprint density at radius 2 is 1.96 bits per heavy atom. The zero-order valence-corrected chi connectivity index (χ0v) is 13.9. The molecule has 5 nitrogen and oxygen atoms in total. The largest absolute Gasteiger partial charge is 0.388 e. The van der Waals surface area contributed by atoms with Gasteiger partial charge in [-0.3, -0.25) is 4.98 Å². The lowest BCUT2D eigenvalue weighted by Gasteiger charge is -2.28. The average molecular weight is 323 g/mol. The van der Waals surface area contributed by atoms with Gasteiger partial charge in [0.15, 0.2) is 0 Å². The number of aromatic nitrogens is 2. The molecule has 1 aliphatic rings. The Balaban J connectivity index is 1.67. The van der Waals surface area contributed by atoms with Gasteiger partial charge in [-0.2, -0.15) is 0 Å². The highest BCUT2D eigenvalue weighted by molar-refractivity contribution is 6.07. The number of benzene rings is 1. The Labute approximate surface area is 142 Å². The third-order valence-corrected chi connectivity index (χ3v) is 4.80. The van der Waals surface area contributed by atoms with Crippen LogP contribution in [0.3, 0.4) is 0 Å². The lowest BCUT2D eigenvalue weighted by atomic mass is 9.84. The predicted molar refractivity (Wildman–Crippen MR) is 98.9 cm³/mol. The lowest BCUT2D eigenvalue weighted by molar-refractivity contribution is 0.296. The molecule has 24 heavy (non-hydrogen) atoms. The van der Waals surface area contributed by atoms with Crippen molar-refractivity contribution in [3.05, 3.63) is 42.4 Å². The normalized spacial score (nSPS) is 21.6. The quantitative estimate of drug-likeness (QED) is 0.713. The lowest BCUT2D eigenvalue weighted by Crippen LogP contribution is -2.30. The van der Waals surface area contributed by atoms with Gasteiger partial charge in [0, 0.05) is 24.0 Å². The van der Waals surface area contributed by atoms with Crippen molar-refractivity contribution in [2.45, 2.75) is 38.1 Å². The van der Waals surface area contributed by atoms with Gasteiger partial charge in [-0.25, -0.2) is 4.98 Å². The molecule has 5 heteroatoms. The summed E-state index contributed by atoms with van der Waals surface area (Å²) in [5.74, 6) is 0.783. The van der Waals surface area contributed by atoms with Crippen LogP contribution >= 0.6 is 0 Å². The maximum Gasteiger partial charge on any atom is 0.0922 e. The van der Waals surface area contributed by atoms with Gasteiger partial charge in [0.25, 0.3) is 0 Å². The van der Waals surface area contributed by atoms with E-state index in [2.05, 4.69) is 15.3 Å². The molecule has 126 valence electrons. The van der Waals surface area contributed by atoms with Crippen molar-refractivity contribution in [2.75, 3.05) is 6.54 Å². The van der Waals surface area contributed by atoms with Crippen molar-refractivity contribution in [1.29, 1.82) is 5.41 Å². The molecule has 3 rings (SSSR count). The predicted octanol–water partition coefficient (Wildman–Crippen LogP) is 3.12. The van der Waals surface area contributed by atoms with E-state index in [0.29, 0.717) is 6.04 Å². The molecule has 1 aromatic carbocycles. The Morgan fingerprint density at radius 3 is 2.67 bits per heavy atom. The van der Waals surface area contributed by atoms with E-state index in [4.69, 9.17) is 11.1 Å². The zero-order chi connectivity index (χ0) is 16.8. The van der Waals surface area contributed by atoms with Crippen LogP contribution in [-0.2, 0) is 0 Å². The van der Waals surface area contributed by atoms with E-state index in [-0.39, 0.29) is 0 Å². The van der Waals surface area contributed by atoms with E-state index >= 15 is 0 Å². The maximum absolute atomic E-state index is 7.69. The number of allylic oxidation sites excluding steroid dienone is 1. The van der Waals surface area contributed by atoms with Gasteiger partial charge in [-0.15, -0.1) is 0 Å². The van der Waals surface area contributed by atoms with Crippen molar-refractivity contribution in [3.63, 3.8) is 0 Å². The highest BCUT2D eigenvalue weighted by Crippen LogP contribution is 2.26.